The highest BCUT2D eigenvalue weighted by Gasteiger charge is 2.22. The van der Waals surface area contributed by atoms with E-state index >= 15 is 0 Å². The van der Waals surface area contributed by atoms with E-state index in [1.165, 1.54) is 0 Å². The van der Waals surface area contributed by atoms with Gasteiger partial charge in [-0.1, -0.05) is 19.1 Å². The summed E-state index contributed by atoms with van der Waals surface area (Å²) in [6, 6.07) is 0. The highest BCUT2D eigenvalue weighted by atomic mass is 16.3. The second kappa shape index (κ2) is 2.50. The normalized spacial score (nSPS) is 43.2. The van der Waals surface area contributed by atoms with E-state index in [2.05, 4.69) is 0 Å². The molecule has 0 aromatic heterocycles. The monoisotopic (exact) mass is 128 g/mol. The largest absolute Gasteiger partial charge is 0.390 e. The Balaban J connectivity index is 2.58. The van der Waals surface area contributed by atoms with Crippen LogP contribution in [0.15, 0.2) is 12.2 Å². The molecule has 3 atom stereocenters. The van der Waals surface area contributed by atoms with Crippen LogP contribution in [0.4, 0.5) is 0 Å². The summed E-state index contributed by atoms with van der Waals surface area (Å²) in [5.41, 5.74) is 0. The third kappa shape index (κ3) is 1.32. The molecule has 0 fully saturated rings. The molecule has 1 aliphatic rings. The summed E-state index contributed by atoms with van der Waals surface area (Å²) in [7, 11) is 0. The van der Waals surface area contributed by atoms with E-state index in [0.717, 1.165) is 6.42 Å². The predicted octanol–water partition coefficient (Wildman–Crippen LogP) is 0.304. The van der Waals surface area contributed by atoms with Crippen LogP contribution in [0.1, 0.15) is 13.3 Å². The first kappa shape index (κ1) is 6.78. The summed E-state index contributed by atoms with van der Waals surface area (Å²) in [4.78, 5) is 0. The molecule has 0 aromatic rings. The van der Waals surface area contributed by atoms with Gasteiger partial charge in [0.15, 0.2) is 0 Å². The van der Waals surface area contributed by atoms with Crippen molar-refractivity contribution >= 4 is 0 Å². The minimum atomic E-state index is -0.645. The lowest BCUT2D eigenvalue weighted by Crippen LogP contribution is -2.32. The molecule has 2 nitrogen and oxygen atoms in total. The first-order valence-corrected chi connectivity index (χ1v) is 3.24. The number of aliphatic hydroxyl groups is 2. The lowest BCUT2D eigenvalue weighted by Gasteiger charge is -2.24. The number of hydrogen-bond donors (Lipinski definition) is 2. The molecule has 1 rings (SSSR count). The quantitative estimate of drug-likeness (QED) is 0.461. The maximum Gasteiger partial charge on any atom is 0.0982 e. The van der Waals surface area contributed by atoms with Crippen LogP contribution in [0.25, 0.3) is 0 Å². The van der Waals surface area contributed by atoms with Gasteiger partial charge in [0.2, 0.25) is 0 Å². The third-order valence-corrected chi connectivity index (χ3v) is 1.77. The molecule has 0 saturated heterocycles. The van der Waals surface area contributed by atoms with Crippen LogP contribution in [0, 0.1) is 5.92 Å². The van der Waals surface area contributed by atoms with Crippen molar-refractivity contribution in [2.45, 2.75) is 25.6 Å². The number of hydrogen-bond acceptors (Lipinski definition) is 2. The van der Waals surface area contributed by atoms with Crippen LogP contribution >= 0.6 is 0 Å². The fourth-order valence-electron chi connectivity index (χ4n) is 1.02. The zero-order valence-corrected chi connectivity index (χ0v) is 5.49. The fraction of sp³-hybridized carbons (Fsp3) is 0.714. The first-order chi connectivity index (χ1) is 4.22. The molecule has 52 valence electrons. The zero-order chi connectivity index (χ0) is 6.85. The average molecular weight is 128 g/mol. The van der Waals surface area contributed by atoms with Gasteiger partial charge in [-0.2, -0.15) is 0 Å². The summed E-state index contributed by atoms with van der Waals surface area (Å²) >= 11 is 0. The molecule has 0 heterocycles. The van der Waals surface area contributed by atoms with Crippen LogP contribution in [0.3, 0.4) is 0 Å². The van der Waals surface area contributed by atoms with Crippen LogP contribution < -0.4 is 0 Å². The van der Waals surface area contributed by atoms with Crippen molar-refractivity contribution in [3.8, 4) is 0 Å². The topological polar surface area (TPSA) is 40.5 Å². The average Bonchev–Trinajstić information content (AvgIpc) is 1.83. The Bertz CT molecular complexity index is 120. The molecule has 0 amide bonds. The first-order valence-electron chi connectivity index (χ1n) is 3.24. The van der Waals surface area contributed by atoms with Gasteiger partial charge >= 0.3 is 0 Å². The van der Waals surface area contributed by atoms with Crippen molar-refractivity contribution < 1.29 is 10.2 Å². The van der Waals surface area contributed by atoms with Crippen LogP contribution in [-0.4, -0.2) is 22.4 Å². The summed E-state index contributed by atoms with van der Waals surface area (Å²) < 4.78 is 0. The molecule has 0 aromatic carbocycles. The van der Waals surface area contributed by atoms with Gasteiger partial charge in [-0.25, -0.2) is 0 Å². The Labute approximate surface area is 54.8 Å². The van der Waals surface area contributed by atoms with Crippen LogP contribution in [0.5, 0.6) is 0 Å². The number of aliphatic hydroxyl groups excluding tert-OH is 2. The lowest BCUT2D eigenvalue weighted by atomic mass is 9.91. The van der Waals surface area contributed by atoms with Crippen molar-refractivity contribution in [3.05, 3.63) is 12.2 Å². The Hall–Kier alpha value is -0.340. The number of allylic oxidation sites excluding steroid dienone is 1. The van der Waals surface area contributed by atoms with Gasteiger partial charge in [-0.05, 0) is 12.3 Å². The second-order valence-electron chi connectivity index (χ2n) is 2.62. The van der Waals surface area contributed by atoms with Crippen molar-refractivity contribution in [1.29, 1.82) is 0 Å². The van der Waals surface area contributed by atoms with Gasteiger partial charge in [0.25, 0.3) is 0 Å². The SMILES string of the molecule is CC1CC=CC(O)C1O. The molecule has 3 unspecified atom stereocenters. The Morgan fingerprint density at radius 3 is 2.56 bits per heavy atom. The van der Waals surface area contributed by atoms with E-state index in [9.17, 15) is 0 Å². The van der Waals surface area contributed by atoms with E-state index in [1.807, 2.05) is 13.0 Å². The van der Waals surface area contributed by atoms with Crippen molar-refractivity contribution in [1.82, 2.24) is 0 Å². The molecule has 0 aliphatic heterocycles. The molecular formula is C7H12O2. The summed E-state index contributed by atoms with van der Waals surface area (Å²) in [5.74, 6) is 0.199. The van der Waals surface area contributed by atoms with E-state index in [4.69, 9.17) is 10.2 Å². The van der Waals surface area contributed by atoms with Gasteiger partial charge in [-0.3, -0.25) is 0 Å². The molecule has 1 aliphatic carbocycles. The molecule has 0 radical (unpaired) electrons. The summed E-state index contributed by atoms with van der Waals surface area (Å²) in [6.07, 6.45) is 3.22. The minimum Gasteiger partial charge on any atom is -0.390 e. The van der Waals surface area contributed by atoms with Crippen LogP contribution in [-0.2, 0) is 0 Å². The lowest BCUT2D eigenvalue weighted by molar-refractivity contribution is 0.00786. The number of rotatable bonds is 0. The standard InChI is InChI=1S/C7H12O2/c1-5-3-2-4-6(8)7(5)9/h2,4-9H,3H2,1H3. The highest BCUT2D eigenvalue weighted by molar-refractivity contribution is 5.00. The molecular weight excluding hydrogens is 116 g/mol. The molecule has 2 N–H and O–H groups in total. The Morgan fingerprint density at radius 1 is 1.44 bits per heavy atom. The van der Waals surface area contributed by atoms with E-state index in [1.54, 1.807) is 6.08 Å². The third-order valence-electron chi connectivity index (χ3n) is 1.77. The van der Waals surface area contributed by atoms with Gasteiger partial charge in [0.05, 0.1) is 12.2 Å². The Kier molecular flexibility index (Phi) is 1.88. The molecule has 0 bridgehead atoms. The summed E-state index contributed by atoms with van der Waals surface area (Å²) in [5, 5.41) is 18.2. The van der Waals surface area contributed by atoms with E-state index in [-0.39, 0.29) is 5.92 Å². The smallest absolute Gasteiger partial charge is 0.0982 e. The molecule has 0 spiro atoms. The maximum atomic E-state index is 9.14. The van der Waals surface area contributed by atoms with Crippen molar-refractivity contribution in [2.24, 2.45) is 5.92 Å². The van der Waals surface area contributed by atoms with Gasteiger partial charge in [-0.15, -0.1) is 0 Å². The van der Waals surface area contributed by atoms with Crippen LogP contribution in [0.2, 0.25) is 0 Å². The van der Waals surface area contributed by atoms with E-state index in [0.29, 0.717) is 0 Å². The fourth-order valence-corrected chi connectivity index (χ4v) is 1.02. The highest BCUT2D eigenvalue weighted by Crippen LogP contribution is 2.17. The maximum absolute atomic E-state index is 9.14. The van der Waals surface area contributed by atoms with Gasteiger partial charge < -0.3 is 10.2 Å². The van der Waals surface area contributed by atoms with Gasteiger partial charge in [0, 0.05) is 0 Å². The van der Waals surface area contributed by atoms with Crippen molar-refractivity contribution in [2.75, 3.05) is 0 Å². The minimum absolute atomic E-state index is 0.199. The second-order valence-corrected chi connectivity index (χ2v) is 2.62. The molecule has 0 saturated carbocycles. The van der Waals surface area contributed by atoms with E-state index < -0.39 is 12.2 Å². The molecule has 9 heavy (non-hydrogen) atoms. The molecule has 2 heteroatoms. The zero-order valence-electron chi connectivity index (χ0n) is 5.49. The van der Waals surface area contributed by atoms with Gasteiger partial charge in [0.1, 0.15) is 0 Å². The Morgan fingerprint density at radius 2 is 2.11 bits per heavy atom. The predicted molar refractivity (Wildman–Crippen MR) is 34.9 cm³/mol. The van der Waals surface area contributed by atoms with Crippen molar-refractivity contribution in [3.63, 3.8) is 0 Å². The summed E-state index contributed by atoms with van der Waals surface area (Å²) in [6.45, 7) is 1.93.